The first kappa shape index (κ1) is 26.1. The van der Waals surface area contributed by atoms with Crippen LogP contribution < -0.4 is 15.3 Å². The number of carbonyl (C=O) groups excluding carboxylic acids is 1. The Bertz CT molecular complexity index is 1080. The highest BCUT2D eigenvalue weighted by Crippen LogP contribution is 2.53. The van der Waals surface area contributed by atoms with Crippen LogP contribution in [0.15, 0.2) is 53.4 Å². The van der Waals surface area contributed by atoms with E-state index in [4.69, 9.17) is 9.05 Å². The van der Waals surface area contributed by atoms with Crippen molar-refractivity contribution >= 4 is 34.6 Å². The van der Waals surface area contributed by atoms with Crippen LogP contribution in [0.25, 0.3) is 0 Å². The second-order valence-electron chi connectivity index (χ2n) is 9.32. The molecule has 10 heteroatoms. The van der Waals surface area contributed by atoms with E-state index in [1.165, 1.54) is 36.4 Å². The maximum absolute atomic E-state index is 13.5. The molecule has 0 saturated carbocycles. The standard InChI is InChI=1S/C22H31N2O6PS/c1-16-8-14-19(15-9-16)32(27,28)24-20(25)23-17-10-12-18(13-11-17)31(26,29-21(2,3)4)30-22(5,6)7/h8-15H,1-7H3,(H2,23,24,25). The van der Waals surface area contributed by atoms with Crippen LogP contribution in [0.1, 0.15) is 47.1 Å². The monoisotopic (exact) mass is 482 g/mol. The molecule has 2 N–H and O–H groups in total. The first-order valence-corrected chi connectivity index (χ1v) is 13.0. The molecule has 0 bridgehead atoms. The van der Waals surface area contributed by atoms with Crippen LogP contribution in [0, 0.1) is 6.92 Å². The molecule has 176 valence electrons. The molecule has 0 saturated heterocycles. The van der Waals surface area contributed by atoms with E-state index in [0.29, 0.717) is 11.0 Å². The maximum atomic E-state index is 13.5. The van der Waals surface area contributed by atoms with Gasteiger partial charge in [0.1, 0.15) is 0 Å². The van der Waals surface area contributed by atoms with Crippen molar-refractivity contribution in [2.75, 3.05) is 5.32 Å². The lowest BCUT2D eigenvalue weighted by atomic mass is 10.2. The zero-order chi connectivity index (χ0) is 24.4. The SMILES string of the molecule is Cc1ccc(S(=O)(=O)NC(=O)Nc2ccc(P(=O)(OC(C)(C)C)OC(C)(C)C)cc2)cc1. The molecule has 0 unspecified atom stereocenters. The lowest BCUT2D eigenvalue weighted by molar-refractivity contribution is 0.0548. The van der Waals surface area contributed by atoms with E-state index < -0.39 is 34.9 Å². The summed E-state index contributed by atoms with van der Waals surface area (Å²) in [7, 11) is -7.69. The summed E-state index contributed by atoms with van der Waals surface area (Å²) < 4.78 is 51.8. The molecule has 8 nitrogen and oxygen atoms in total. The van der Waals surface area contributed by atoms with Gasteiger partial charge in [-0.15, -0.1) is 0 Å². The summed E-state index contributed by atoms with van der Waals surface area (Å²) in [5.41, 5.74) is -0.232. The Kier molecular flexibility index (Phi) is 7.62. The Balaban J connectivity index is 2.17. The van der Waals surface area contributed by atoms with Gasteiger partial charge in [-0.2, -0.15) is 0 Å². The van der Waals surface area contributed by atoms with Crippen molar-refractivity contribution in [2.24, 2.45) is 0 Å². The molecule has 2 aromatic carbocycles. The van der Waals surface area contributed by atoms with Gasteiger partial charge in [0.2, 0.25) is 0 Å². The summed E-state index contributed by atoms with van der Waals surface area (Å²) in [5.74, 6) is 0. The molecule has 0 aromatic heterocycles. The zero-order valence-corrected chi connectivity index (χ0v) is 21.1. The summed E-state index contributed by atoms with van der Waals surface area (Å²) in [6.07, 6.45) is 0. The van der Waals surface area contributed by atoms with Crippen LogP contribution in [0.3, 0.4) is 0 Å². The predicted octanol–water partition coefficient (Wildman–Crippen LogP) is 4.95. The van der Waals surface area contributed by atoms with E-state index >= 15 is 0 Å². The summed E-state index contributed by atoms with van der Waals surface area (Å²) >= 11 is 0. The largest absolute Gasteiger partial charge is 0.362 e. The Morgan fingerprint density at radius 3 is 1.75 bits per heavy atom. The summed E-state index contributed by atoms with van der Waals surface area (Å²) in [4.78, 5) is 12.2. The molecule has 32 heavy (non-hydrogen) atoms. The molecule has 0 aliphatic heterocycles. The van der Waals surface area contributed by atoms with Crippen molar-refractivity contribution in [2.45, 2.75) is 64.6 Å². The van der Waals surface area contributed by atoms with Crippen LogP contribution in [-0.4, -0.2) is 25.7 Å². The maximum Gasteiger partial charge on any atom is 0.362 e. The fraction of sp³-hybridized carbons (Fsp3) is 0.409. The minimum Gasteiger partial charge on any atom is -0.307 e. The molecule has 2 amide bonds. The number of rotatable bonds is 6. The van der Waals surface area contributed by atoms with E-state index in [1.807, 2.05) is 11.6 Å². The molecule has 0 aliphatic carbocycles. The highest BCUT2D eigenvalue weighted by molar-refractivity contribution is 7.90. The Labute approximate surface area is 190 Å². The number of nitrogens with one attached hydrogen (secondary N) is 2. The fourth-order valence-corrected chi connectivity index (χ4v) is 5.74. The van der Waals surface area contributed by atoms with Gasteiger partial charge in [-0.25, -0.2) is 17.9 Å². The summed E-state index contributed by atoms with van der Waals surface area (Å²) in [6.45, 7) is 12.5. The van der Waals surface area contributed by atoms with Gasteiger partial charge in [0.05, 0.1) is 21.4 Å². The van der Waals surface area contributed by atoms with Gasteiger partial charge >= 0.3 is 13.6 Å². The second kappa shape index (κ2) is 9.35. The van der Waals surface area contributed by atoms with Gasteiger partial charge in [0, 0.05) is 5.69 Å². The number of aryl methyl sites for hydroxylation is 1. The molecular formula is C22H31N2O6PS. The normalized spacial score (nSPS) is 13.0. The average Bonchev–Trinajstić information content (AvgIpc) is 2.58. The number of urea groups is 1. The topological polar surface area (TPSA) is 111 Å². The second-order valence-corrected chi connectivity index (χ2v) is 12.9. The molecule has 0 radical (unpaired) electrons. The van der Waals surface area contributed by atoms with Crippen molar-refractivity contribution in [3.8, 4) is 0 Å². The highest BCUT2D eigenvalue weighted by atomic mass is 32.2. The number of carbonyl (C=O) groups is 1. The molecule has 2 aromatic rings. The van der Waals surface area contributed by atoms with Gasteiger partial charge in [-0.3, -0.25) is 13.6 Å². The number of hydrogen-bond acceptors (Lipinski definition) is 6. The lowest BCUT2D eigenvalue weighted by Gasteiger charge is -2.32. The molecule has 0 fully saturated rings. The average molecular weight is 483 g/mol. The smallest absolute Gasteiger partial charge is 0.307 e. The molecule has 0 spiro atoms. The van der Waals surface area contributed by atoms with Crippen LogP contribution in [0.5, 0.6) is 0 Å². The van der Waals surface area contributed by atoms with Gasteiger partial charge in [0.25, 0.3) is 10.0 Å². The molecule has 0 aliphatic rings. The minimum absolute atomic E-state index is 0.0202. The Morgan fingerprint density at radius 2 is 1.31 bits per heavy atom. The summed E-state index contributed by atoms with van der Waals surface area (Å²) in [6, 6.07) is 11.2. The number of sulfonamides is 1. The van der Waals surface area contributed by atoms with Crippen molar-refractivity contribution in [3.63, 3.8) is 0 Å². The van der Waals surface area contributed by atoms with Crippen LogP contribution >= 0.6 is 7.60 Å². The third-order valence-corrected chi connectivity index (χ3v) is 7.64. The third-order valence-electron chi connectivity index (χ3n) is 3.79. The zero-order valence-electron chi connectivity index (χ0n) is 19.4. The molecule has 0 atom stereocenters. The first-order chi connectivity index (χ1) is 14.5. The third kappa shape index (κ3) is 7.74. The van der Waals surface area contributed by atoms with Gasteiger partial charge in [-0.05, 0) is 84.9 Å². The summed E-state index contributed by atoms with van der Waals surface area (Å²) in [5, 5.41) is 2.77. The molecule has 0 heterocycles. The number of hydrogen-bond donors (Lipinski definition) is 2. The van der Waals surface area contributed by atoms with Crippen LogP contribution in [-0.2, 0) is 23.6 Å². The van der Waals surface area contributed by atoms with Crippen molar-refractivity contribution in [3.05, 3.63) is 54.1 Å². The van der Waals surface area contributed by atoms with Crippen molar-refractivity contribution in [1.29, 1.82) is 0 Å². The van der Waals surface area contributed by atoms with Crippen molar-refractivity contribution in [1.82, 2.24) is 4.72 Å². The number of benzene rings is 2. The van der Waals surface area contributed by atoms with E-state index in [-0.39, 0.29) is 4.90 Å². The van der Waals surface area contributed by atoms with E-state index in [0.717, 1.165) is 5.56 Å². The van der Waals surface area contributed by atoms with Gasteiger partial charge in [-0.1, -0.05) is 17.7 Å². The van der Waals surface area contributed by atoms with E-state index in [2.05, 4.69) is 5.32 Å². The highest BCUT2D eigenvalue weighted by Gasteiger charge is 2.37. The minimum atomic E-state index is -4.01. The van der Waals surface area contributed by atoms with E-state index in [1.54, 1.807) is 53.7 Å². The Hall–Kier alpha value is -2.19. The van der Waals surface area contributed by atoms with Crippen LogP contribution in [0.2, 0.25) is 0 Å². The predicted molar refractivity (Wildman–Crippen MR) is 126 cm³/mol. The lowest BCUT2D eigenvalue weighted by Crippen LogP contribution is -2.34. The first-order valence-electron chi connectivity index (χ1n) is 10.0. The fourth-order valence-electron chi connectivity index (χ4n) is 2.63. The van der Waals surface area contributed by atoms with E-state index in [9.17, 15) is 17.8 Å². The van der Waals surface area contributed by atoms with Crippen molar-refractivity contribution < 1.29 is 26.8 Å². The van der Waals surface area contributed by atoms with Gasteiger partial charge < -0.3 is 5.32 Å². The molecule has 2 rings (SSSR count). The Morgan fingerprint density at radius 1 is 0.844 bits per heavy atom. The quantitative estimate of drug-likeness (QED) is 0.564. The molecular weight excluding hydrogens is 451 g/mol. The van der Waals surface area contributed by atoms with Crippen LogP contribution in [0.4, 0.5) is 10.5 Å². The number of amides is 2. The number of anilines is 1. The van der Waals surface area contributed by atoms with Gasteiger partial charge in [0.15, 0.2) is 0 Å².